The Bertz CT molecular complexity index is 1150. The Kier molecular flexibility index (Phi) is 9.18. The third-order valence-electron chi connectivity index (χ3n) is 5.37. The van der Waals surface area contributed by atoms with Gasteiger partial charge in [-0.05, 0) is 24.1 Å². The highest BCUT2D eigenvalue weighted by molar-refractivity contribution is 7.90. The topological polar surface area (TPSA) is 108 Å². The zero-order valence-electron chi connectivity index (χ0n) is 19.8. The fourth-order valence-corrected chi connectivity index (χ4v) is 6.43. The zero-order valence-corrected chi connectivity index (χ0v) is 21.4. The lowest BCUT2D eigenvalue weighted by molar-refractivity contribution is -0.124. The molecule has 2 aromatic carbocycles. The number of fused-ring (bicyclic) bond motifs is 1. The van der Waals surface area contributed by atoms with E-state index in [4.69, 9.17) is 0 Å². The number of carbonyl (C=O) groups is 1. The van der Waals surface area contributed by atoms with Crippen LogP contribution in [0.25, 0.3) is 10.2 Å². The van der Waals surface area contributed by atoms with E-state index in [0.29, 0.717) is 17.0 Å². The van der Waals surface area contributed by atoms with Crippen molar-refractivity contribution in [3.05, 3.63) is 65.2 Å². The van der Waals surface area contributed by atoms with Crippen LogP contribution in [0.4, 0.5) is 0 Å². The fraction of sp³-hybridized carbons (Fsp3) is 0.440. The average Bonchev–Trinajstić information content (AvgIpc) is 3.22. The third-order valence-corrected chi connectivity index (χ3v) is 8.09. The molecule has 0 spiro atoms. The molecule has 0 aliphatic rings. The molecule has 1 amide bonds. The van der Waals surface area contributed by atoms with Crippen molar-refractivity contribution in [1.82, 2.24) is 15.6 Å². The molecule has 0 saturated carbocycles. The first kappa shape index (κ1) is 26.3. The Morgan fingerprint density at radius 2 is 1.76 bits per heavy atom. The van der Waals surface area contributed by atoms with Crippen molar-refractivity contribution in [3.8, 4) is 0 Å². The van der Waals surface area contributed by atoms with Crippen molar-refractivity contribution in [2.45, 2.75) is 63.6 Å². The predicted molar refractivity (Wildman–Crippen MR) is 137 cm³/mol. The molecule has 3 unspecified atom stereocenters. The number of nitrogens with one attached hydrogen (secondary N) is 2. The van der Waals surface area contributed by atoms with E-state index in [1.54, 1.807) is 24.3 Å². The zero-order chi connectivity index (χ0) is 24.7. The number of thiazole rings is 1. The lowest BCUT2D eigenvalue weighted by Gasteiger charge is -2.27. The molecule has 0 bridgehead atoms. The van der Waals surface area contributed by atoms with Gasteiger partial charge in [0.2, 0.25) is 5.91 Å². The molecule has 7 nitrogen and oxygen atoms in total. The molecular formula is C25H33N3O4S2. The highest BCUT2D eigenvalue weighted by atomic mass is 32.2. The second-order valence-electron chi connectivity index (χ2n) is 8.78. The van der Waals surface area contributed by atoms with Crippen LogP contribution in [0, 0.1) is 0 Å². The molecule has 34 heavy (non-hydrogen) atoms. The minimum atomic E-state index is -3.56. The summed E-state index contributed by atoms with van der Waals surface area (Å²) in [6.07, 6.45) is 0.289. The smallest absolute Gasteiger partial charge is 0.238 e. The summed E-state index contributed by atoms with van der Waals surface area (Å²) < 4.78 is 26.7. The molecule has 3 rings (SSSR count). The van der Waals surface area contributed by atoms with Gasteiger partial charge in [-0.3, -0.25) is 4.79 Å². The SMILES string of the molecule is CCCC(NC(=O)C(CS(=O)(=O)Cc1ccccc1)NC(C)C)C(O)c1nc2ccccc2s1. The number of hydrogen-bond donors (Lipinski definition) is 3. The molecule has 3 atom stereocenters. The molecule has 184 valence electrons. The van der Waals surface area contributed by atoms with Gasteiger partial charge in [0.1, 0.15) is 17.2 Å². The van der Waals surface area contributed by atoms with E-state index >= 15 is 0 Å². The summed E-state index contributed by atoms with van der Waals surface area (Å²) in [5.41, 5.74) is 1.48. The Hall–Kier alpha value is -2.33. The van der Waals surface area contributed by atoms with Crippen LogP contribution in [0.15, 0.2) is 54.6 Å². The summed E-state index contributed by atoms with van der Waals surface area (Å²) in [5.74, 6) is -0.907. The molecule has 9 heteroatoms. The highest BCUT2D eigenvalue weighted by Gasteiger charge is 2.31. The quantitative estimate of drug-likeness (QED) is 0.349. The monoisotopic (exact) mass is 503 g/mol. The molecule has 0 aliphatic carbocycles. The largest absolute Gasteiger partial charge is 0.384 e. The Labute approximate surface area is 205 Å². The van der Waals surface area contributed by atoms with Crippen molar-refractivity contribution in [1.29, 1.82) is 0 Å². The second-order valence-corrected chi connectivity index (χ2v) is 12.0. The molecule has 1 aromatic heterocycles. The Balaban J connectivity index is 1.75. The number of nitrogens with zero attached hydrogens (tertiary/aromatic N) is 1. The summed E-state index contributed by atoms with van der Waals surface area (Å²) in [5, 5.41) is 17.6. The van der Waals surface area contributed by atoms with E-state index in [1.165, 1.54) is 11.3 Å². The van der Waals surface area contributed by atoms with Crippen molar-refractivity contribution in [2.75, 3.05) is 5.75 Å². The first-order valence-corrected chi connectivity index (χ1v) is 14.2. The molecule has 3 aromatic rings. The average molecular weight is 504 g/mol. The van der Waals surface area contributed by atoms with E-state index in [2.05, 4.69) is 15.6 Å². The first-order chi connectivity index (χ1) is 16.2. The van der Waals surface area contributed by atoms with Gasteiger partial charge in [0.05, 0.1) is 27.8 Å². The van der Waals surface area contributed by atoms with Gasteiger partial charge < -0.3 is 15.7 Å². The lowest BCUT2D eigenvalue weighted by Crippen LogP contribution is -2.53. The number of aromatic nitrogens is 1. The molecular weight excluding hydrogens is 470 g/mol. The second kappa shape index (κ2) is 11.9. The predicted octanol–water partition coefficient (Wildman–Crippen LogP) is 3.60. The summed E-state index contributed by atoms with van der Waals surface area (Å²) in [7, 11) is -3.56. The fourth-order valence-electron chi connectivity index (χ4n) is 3.83. The van der Waals surface area contributed by atoms with Crippen LogP contribution in [-0.2, 0) is 20.4 Å². The molecule has 0 fully saturated rings. The lowest BCUT2D eigenvalue weighted by atomic mass is 10.1. The number of amides is 1. The molecule has 3 N–H and O–H groups in total. The highest BCUT2D eigenvalue weighted by Crippen LogP contribution is 2.29. The van der Waals surface area contributed by atoms with Crippen LogP contribution in [-0.4, -0.2) is 48.3 Å². The van der Waals surface area contributed by atoms with Gasteiger partial charge in [0, 0.05) is 6.04 Å². The van der Waals surface area contributed by atoms with Gasteiger partial charge in [-0.2, -0.15) is 0 Å². The summed E-state index contributed by atoms with van der Waals surface area (Å²) in [6, 6.07) is 15.0. The number of carbonyl (C=O) groups excluding carboxylic acids is 1. The van der Waals surface area contributed by atoms with E-state index < -0.39 is 33.9 Å². The van der Waals surface area contributed by atoms with Crippen molar-refractivity contribution >= 4 is 37.3 Å². The van der Waals surface area contributed by atoms with Crippen molar-refractivity contribution in [3.63, 3.8) is 0 Å². The van der Waals surface area contributed by atoms with E-state index in [1.807, 2.05) is 51.1 Å². The van der Waals surface area contributed by atoms with E-state index in [0.717, 1.165) is 16.6 Å². The summed E-state index contributed by atoms with van der Waals surface area (Å²) >= 11 is 1.39. The van der Waals surface area contributed by atoms with Crippen molar-refractivity contribution in [2.24, 2.45) is 0 Å². The van der Waals surface area contributed by atoms with Gasteiger partial charge >= 0.3 is 0 Å². The standard InChI is InChI=1S/C25H33N3O4S2/c1-4-10-20(23(29)25-28-19-13-8-9-14-22(19)33-25)27-24(30)21(26-17(2)3)16-34(31,32)15-18-11-6-5-7-12-18/h5-9,11-14,17,20-21,23,26,29H,4,10,15-16H2,1-3H3,(H,27,30). The maximum absolute atomic E-state index is 13.2. The normalized spacial score (nSPS) is 14.7. The summed E-state index contributed by atoms with van der Waals surface area (Å²) in [4.78, 5) is 17.8. The number of aliphatic hydroxyl groups is 1. The first-order valence-electron chi connectivity index (χ1n) is 11.5. The molecule has 0 saturated heterocycles. The van der Waals surface area contributed by atoms with Crippen LogP contribution in [0.5, 0.6) is 0 Å². The maximum atomic E-state index is 13.2. The number of rotatable bonds is 12. The Morgan fingerprint density at radius 1 is 1.09 bits per heavy atom. The minimum Gasteiger partial charge on any atom is -0.384 e. The number of sulfone groups is 1. The van der Waals surface area contributed by atoms with E-state index in [-0.39, 0.29) is 17.5 Å². The van der Waals surface area contributed by atoms with Crippen LogP contribution >= 0.6 is 11.3 Å². The molecule has 0 radical (unpaired) electrons. The van der Waals surface area contributed by atoms with Crippen molar-refractivity contribution < 1.29 is 18.3 Å². The number of hydrogen-bond acceptors (Lipinski definition) is 7. The number of para-hydroxylation sites is 1. The van der Waals surface area contributed by atoms with Gasteiger partial charge in [-0.25, -0.2) is 13.4 Å². The van der Waals surface area contributed by atoms with Gasteiger partial charge in [0.15, 0.2) is 9.84 Å². The minimum absolute atomic E-state index is 0.0958. The van der Waals surface area contributed by atoms with Gasteiger partial charge in [-0.1, -0.05) is 69.7 Å². The van der Waals surface area contributed by atoms with Crippen LogP contribution < -0.4 is 10.6 Å². The van der Waals surface area contributed by atoms with Gasteiger partial charge in [0.25, 0.3) is 0 Å². The maximum Gasteiger partial charge on any atom is 0.238 e. The Morgan fingerprint density at radius 3 is 2.41 bits per heavy atom. The summed E-state index contributed by atoms with van der Waals surface area (Å²) in [6.45, 7) is 5.70. The molecule has 0 aliphatic heterocycles. The van der Waals surface area contributed by atoms with E-state index in [9.17, 15) is 18.3 Å². The van der Waals surface area contributed by atoms with Crippen LogP contribution in [0.3, 0.4) is 0 Å². The van der Waals surface area contributed by atoms with Crippen LogP contribution in [0.2, 0.25) is 0 Å². The number of benzene rings is 2. The number of aliphatic hydroxyl groups excluding tert-OH is 1. The van der Waals surface area contributed by atoms with Crippen LogP contribution in [0.1, 0.15) is 50.3 Å². The third kappa shape index (κ3) is 7.33. The van der Waals surface area contributed by atoms with Gasteiger partial charge in [-0.15, -0.1) is 11.3 Å². The molecule has 1 heterocycles.